The lowest BCUT2D eigenvalue weighted by Crippen LogP contribution is -2.55. The first-order valence-corrected chi connectivity index (χ1v) is 22.3. The zero-order chi connectivity index (χ0) is 36.6. The summed E-state index contributed by atoms with van der Waals surface area (Å²) in [4.78, 5) is 0. The Morgan fingerprint density at radius 2 is 1.34 bits per heavy atom. The van der Waals surface area contributed by atoms with Gasteiger partial charge in [0.25, 0.3) is 0 Å². The van der Waals surface area contributed by atoms with Crippen molar-refractivity contribution in [2.24, 2.45) is 88.8 Å². The lowest BCUT2D eigenvalue weighted by molar-refractivity contribution is -0.106. The summed E-state index contributed by atoms with van der Waals surface area (Å²) in [5.41, 5.74) is 1.15. The van der Waals surface area contributed by atoms with Gasteiger partial charge in [-0.25, -0.2) is 0 Å². The molecule has 1 saturated heterocycles. The predicted octanol–water partition coefficient (Wildman–Crippen LogP) is 12.5. The van der Waals surface area contributed by atoms with Crippen LogP contribution in [0.5, 0.6) is 0 Å². The van der Waals surface area contributed by atoms with E-state index in [9.17, 15) is 0 Å². The lowest BCUT2D eigenvalue weighted by Gasteiger charge is -2.61. The van der Waals surface area contributed by atoms with Crippen LogP contribution in [0.15, 0.2) is 92.1 Å². The van der Waals surface area contributed by atoms with Crippen molar-refractivity contribution < 1.29 is 9.31 Å². The molecular weight excluding hydrogens is 643 g/mol. The second-order valence-electron chi connectivity index (χ2n) is 20.3. The van der Waals surface area contributed by atoms with E-state index in [1.807, 2.05) is 6.08 Å². The van der Waals surface area contributed by atoms with Crippen LogP contribution in [0.2, 0.25) is 5.82 Å². The van der Waals surface area contributed by atoms with Gasteiger partial charge in [0.1, 0.15) is 0 Å². The van der Waals surface area contributed by atoms with Gasteiger partial charge in [-0.05, 0) is 173 Å². The summed E-state index contributed by atoms with van der Waals surface area (Å²) >= 11 is 0. The van der Waals surface area contributed by atoms with Gasteiger partial charge in [0, 0.05) is 0 Å². The van der Waals surface area contributed by atoms with Crippen molar-refractivity contribution in [2.45, 2.75) is 122 Å². The minimum absolute atomic E-state index is 0.0601. The second kappa shape index (κ2) is 14.1. The van der Waals surface area contributed by atoms with Crippen molar-refractivity contribution in [3.05, 3.63) is 97.7 Å². The molecule has 3 heteroatoms. The van der Waals surface area contributed by atoms with Gasteiger partial charge in [-0.3, -0.25) is 0 Å². The number of allylic oxidation sites excluding steroid dienone is 8. The Balaban J connectivity index is 1.16. The van der Waals surface area contributed by atoms with Crippen LogP contribution in [0.25, 0.3) is 0 Å². The summed E-state index contributed by atoms with van der Waals surface area (Å²) in [7, 11) is -0.0601. The first-order chi connectivity index (χ1) is 25.7. The number of rotatable bonds is 8. The van der Waals surface area contributed by atoms with Crippen LogP contribution < -0.4 is 0 Å². The standard InChI is InChI=1S/C50H69BO2/c1-8-11-12-13-17-23-37-46-36-26-18-24-34-32(10-3)33(20-9-2)40(44(34)36)30-41(46)43(31-21-15-14-16-22-31)48-38-27-19-25-35-42(29-28-39(45(35)38)47(37)48)51-52-49(4,5)50(6,7)53-51/h8-17,20-22,32-48H,1,3,18-19,23-30H2,2,4-7H3/b12-11-,17-13-,20-9-. The van der Waals surface area contributed by atoms with Gasteiger partial charge in [0.05, 0.1) is 11.2 Å². The van der Waals surface area contributed by atoms with E-state index >= 15 is 0 Å². The van der Waals surface area contributed by atoms with Gasteiger partial charge in [0.15, 0.2) is 0 Å². The highest BCUT2D eigenvalue weighted by molar-refractivity contribution is 6.47. The van der Waals surface area contributed by atoms with E-state index < -0.39 is 0 Å². The zero-order valence-electron chi connectivity index (χ0n) is 33.7. The molecule has 0 spiro atoms. The van der Waals surface area contributed by atoms with E-state index in [1.165, 1.54) is 64.2 Å². The Labute approximate surface area is 323 Å². The van der Waals surface area contributed by atoms with Gasteiger partial charge >= 0.3 is 7.12 Å². The highest BCUT2D eigenvalue weighted by Gasteiger charge is 2.70. The minimum Gasteiger partial charge on any atom is -0.403 e. The summed E-state index contributed by atoms with van der Waals surface area (Å²) in [6.07, 6.45) is 32.4. The summed E-state index contributed by atoms with van der Waals surface area (Å²) in [5, 5.41) is 0. The predicted molar refractivity (Wildman–Crippen MR) is 221 cm³/mol. The lowest BCUT2D eigenvalue weighted by atomic mass is 9.43. The molecule has 284 valence electrons. The van der Waals surface area contributed by atoms with Gasteiger partial charge in [-0.15, -0.1) is 6.58 Å². The summed E-state index contributed by atoms with van der Waals surface area (Å²) < 4.78 is 13.8. The molecule has 17 atom stereocenters. The van der Waals surface area contributed by atoms with Crippen molar-refractivity contribution in [2.75, 3.05) is 0 Å². The van der Waals surface area contributed by atoms with E-state index in [4.69, 9.17) is 9.31 Å². The smallest absolute Gasteiger partial charge is 0.403 e. The largest absolute Gasteiger partial charge is 0.461 e. The van der Waals surface area contributed by atoms with Crippen molar-refractivity contribution in [1.29, 1.82) is 0 Å². The second-order valence-corrected chi connectivity index (χ2v) is 20.3. The first kappa shape index (κ1) is 36.5. The Bertz CT molecular complexity index is 1570. The van der Waals surface area contributed by atoms with Crippen molar-refractivity contribution in [3.63, 3.8) is 0 Å². The third kappa shape index (κ3) is 5.69. The molecular formula is C50H69BO2. The van der Waals surface area contributed by atoms with Crippen molar-refractivity contribution in [3.8, 4) is 0 Å². The molecule has 1 heterocycles. The molecule has 7 saturated carbocycles. The van der Waals surface area contributed by atoms with Gasteiger partial charge in [-0.1, -0.05) is 118 Å². The third-order valence-electron chi connectivity index (χ3n) is 18.2. The van der Waals surface area contributed by atoms with Gasteiger partial charge in [0.2, 0.25) is 0 Å². The molecule has 8 aliphatic rings. The monoisotopic (exact) mass is 713 g/mol. The Morgan fingerprint density at radius 1 is 0.679 bits per heavy atom. The van der Waals surface area contributed by atoms with Crippen LogP contribution >= 0.6 is 0 Å². The quantitative estimate of drug-likeness (QED) is 0.152. The minimum atomic E-state index is -0.261. The topological polar surface area (TPSA) is 18.5 Å². The Hall–Kier alpha value is -2.10. The molecule has 1 aliphatic heterocycles. The molecule has 0 N–H and O–H groups in total. The maximum Gasteiger partial charge on any atom is 0.461 e. The molecule has 1 aromatic carbocycles. The molecule has 9 rings (SSSR count). The van der Waals surface area contributed by atoms with Crippen molar-refractivity contribution >= 4 is 7.12 Å². The number of benzene rings is 1. The molecule has 8 fully saturated rings. The van der Waals surface area contributed by atoms with Crippen molar-refractivity contribution in [1.82, 2.24) is 0 Å². The number of fused-ring (bicyclic) bond motifs is 5. The number of hydrogen-bond acceptors (Lipinski definition) is 2. The summed E-state index contributed by atoms with van der Waals surface area (Å²) in [6, 6.07) is 12.1. The maximum absolute atomic E-state index is 6.91. The summed E-state index contributed by atoms with van der Waals surface area (Å²) in [6.45, 7) is 19.8. The first-order valence-electron chi connectivity index (χ1n) is 22.3. The highest BCUT2D eigenvalue weighted by atomic mass is 16.7. The van der Waals surface area contributed by atoms with E-state index in [0.717, 1.165) is 76.9 Å². The van der Waals surface area contributed by atoms with Crippen LogP contribution in [0.4, 0.5) is 0 Å². The molecule has 2 nitrogen and oxygen atoms in total. The highest BCUT2D eigenvalue weighted by Crippen LogP contribution is 2.75. The maximum atomic E-state index is 6.91. The van der Waals surface area contributed by atoms with E-state index in [0.29, 0.717) is 23.6 Å². The third-order valence-corrected chi connectivity index (χ3v) is 18.2. The van der Waals surface area contributed by atoms with E-state index in [1.54, 1.807) is 5.56 Å². The van der Waals surface area contributed by atoms with Crippen LogP contribution in [0.1, 0.15) is 110 Å². The van der Waals surface area contributed by atoms with Crippen LogP contribution in [-0.2, 0) is 9.31 Å². The average Bonchev–Trinajstić information content (AvgIpc) is 3.73. The number of hydrogen-bond donors (Lipinski definition) is 0. The molecule has 0 aromatic heterocycles. The van der Waals surface area contributed by atoms with Gasteiger partial charge < -0.3 is 9.31 Å². The van der Waals surface area contributed by atoms with E-state index in [-0.39, 0.29) is 18.3 Å². The van der Waals surface area contributed by atoms with Crippen LogP contribution in [0, 0.1) is 88.8 Å². The molecule has 0 amide bonds. The molecule has 7 aliphatic carbocycles. The van der Waals surface area contributed by atoms with Gasteiger partial charge in [-0.2, -0.15) is 0 Å². The fraction of sp³-hybridized carbons (Fsp3) is 0.680. The Kier molecular flexibility index (Phi) is 9.74. The van der Waals surface area contributed by atoms with E-state index in [2.05, 4.69) is 121 Å². The molecule has 17 unspecified atom stereocenters. The molecule has 53 heavy (non-hydrogen) atoms. The fourth-order valence-electron chi connectivity index (χ4n) is 16.3. The van der Waals surface area contributed by atoms with Crippen LogP contribution in [-0.4, -0.2) is 18.3 Å². The normalized spacial score (nSPS) is 47.7. The average molecular weight is 713 g/mol. The fourth-order valence-corrected chi connectivity index (χ4v) is 16.3. The zero-order valence-corrected chi connectivity index (χ0v) is 33.7. The molecule has 0 radical (unpaired) electrons. The SMILES string of the molecule is C=C/C=C\C=C/CC1C2C(CC3C(/C=C\C)C(C=C)C4CCCC2C43)C(c2ccccc2)C2C3CCCC4C(B5OC(C)(C)C(C)(C)O5)CCC(C43)C12. The van der Waals surface area contributed by atoms with Crippen LogP contribution in [0.3, 0.4) is 0 Å². The Morgan fingerprint density at radius 3 is 2.04 bits per heavy atom. The summed E-state index contributed by atoms with van der Waals surface area (Å²) in [5.74, 6) is 13.0. The molecule has 1 aromatic rings. The molecule has 0 bridgehead atoms.